The SMILES string of the molecule is c1ccc2c(-c3c(OCC4CO4)ccc4ccccc34)cccc2c1. The van der Waals surface area contributed by atoms with E-state index in [4.69, 9.17) is 9.47 Å². The van der Waals surface area contributed by atoms with Gasteiger partial charge < -0.3 is 9.47 Å². The minimum atomic E-state index is 0.242. The van der Waals surface area contributed by atoms with Crippen molar-refractivity contribution in [3.05, 3.63) is 78.9 Å². The van der Waals surface area contributed by atoms with Crippen molar-refractivity contribution in [2.24, 2.45) is 0 Å². The highest BCUT2D eigenvalue weighted by Gasteiger charge is 2.24. The maximum Gasteiger partial charge on any atom is 0.127 e. The molecule has 0 N–H and O–H groups in total. The average molecular weight is 326 g/mol. The van der Waals surface area contributed by atoms with Gasteiger partial charge >= 0.3 is 0 Å². The van der Waals surface area contributed by atoms with Crippen molar-refractivity contribution >= 4 is 21.5 Å². The lowest BCUT2D eigenvalue weighted by atomic mass is 9.93. The molecule has 0 spiro atoms. The molecule has 122 valence electrons. The normalized spacial score (nSPS) is 16.2. The molecule has 0 radical (unpaired) electrons. The van der Waals surface area contributed by atoms with Gasteiger partial charge in [-0.2, -0.15) is 0 Å². The molecule has 0 saturated carbocycles. The van der Waals surface area contributed by atoms with E-state index in [2.05, 4.69) is 78.9 Å². The molecule has 4 aromatic carbocycles. The zero-order valence-electron chi connectivity index (χ0n) is 13.8. The van der Waals surface area contributed by atoms with Gasteiger partial charge in [0.15, 0.2) is 0 Å². The maximum atomic E-state index is 6.15. The molecule has 0 amide bonds. The smallest absolute Gasteiger partial charge is 0.127 e. The van der Waals surface area contributed by atoms with E-state index in [9.17, 15) is 0 Å². The summed E-state index contributed by atoms with van der Waals surface area (Å²) in [5.41, 5.74) is 2.37. The summed E-state index contributed by atoms with van der Waals surface area (Å²) in [6, 6.07) is 27.7. The Hall–Kier alpha value is -2.84. The Morgan fingerprint density at radius 1 is 0.760 bits per heavy atom. The fourth-order valence-corrected chi connectivity index (χ4v) is 3.44. The molecule has 1 atom stereocenters. The lowest BCUT2D eigenvalue weighted by Gasteiger charge is -2.16. The number of epoxide rings is 1. The Morgan fingerprint density at radius 3 is 2.24 bits per heavy atom. The molecule has 5 rings (SSSR count). The summed E-state index contributed by atoms with van der Waals surface area (Å²) in [5.74, 6) is 0.922. The Morgan fingerprint density at radius 2 is 1.44 bits per heavy atom. The zero-order chi connectivity index (χ0) is 16.6. The molecule has 1 unspecified atom stereocenters. The van der Waals surface area contributed by atoms with Gasteiger partial charge in [-0.3, -0.25) is 0 Å². The van der Waals surface area contributed by atoms with E-state index in [1.165, 1.54) is 27.1 Å². The summed E-state index contributed by atoms with van der Waals surface area (Å²) in [4.78, 5) is 0. The van der Waals surface area contributed by atoms with E-state index in [1.54, 1.807) is 0 Å². The van der Waals surface area contributed by atoms with Crippen molar-refractivity contribution in [2.45, 2.75) is 6.10 Å². The van der Waals surface area contributed by atoms with Crippen LogP contribution in [0.5, 0.6) is 5.75 Å². The molecule has 25 heavy (non-hydrogen) atoms. The number of hydrogen-bond acceptors (Lipinski definition) is 2. The van der Waals surface area contributed by atoms with Crippen LogP contribution in [0.3, 0.4) is 0 Å². The van der Waals surface area contributed by atoms with Gasteiger partial charge in [0, 0.05) is 5.56 Å². The average Bonchev–Trinajstić information content (AvgIpc) is 3.50. The van der Waals surface area contributed by atoms with Crippen LogP contribution in [0.4, 0.5) is 0 Å². The molecule has 1 aliphatic rings. The molecule has 1 fully saturated rings. The second-order valence-corrected chi connectivity index (χ2v) is 6.45. The van der Waals surface area contributed by atoms with Crippen molar-refractivity contribution in [3.63, 3.8) is 0 Å². The summed E-state index contributed by atoms with van der Waals surface area (Å²) in [6.45, 7) is 1.41. The van der Waals surface area contributed by atoms with Gasteiger partial charge in [-0.15, -0.1) is 0 Å². The standard InChI is InChI=1S/C23H18O2/c1-3-9-19-16(6-1)8-5-11-21(19)23-20-10-4-2-7-17(20)12-13-22(23)25-15-18-14-24-18/h1-13,18H,14-15H2. The number of benzene rings is 4. The van der Waals surface area contributed by atoms with Crippen LogP contribution in [-0.4, -0.2) is 19.3 Å². The van der Waals surface area contributed by atoms with Gasteiger partial charge in [0.25, 0.3) is 0 Å². The first-order chi connectivity index (χ1) is 12.4. The number of rotatable bonds is 4. The van der Waals surface area contributed by atoms with E-state index >= 15 is 0 Å². The molecule has 1 saturated heterocycles. The van der Waals surface area contributed by atoms with Crippen LogP contribution in [-0.2, 0) is 4.74 Å². The third kappa shape index (κ3) is 2.65. The summed E-state index contributed by atoms with van der Waals surface area (Å²) >= 11 is 0. The van der Waals surface area contributed by atoms with Crippen LogP contribution >= 0.6 is 0 Å². The van der Waals surface area contributed by atoms with Crippen LogP contribution in [0.25, 0.3) is 32.7 Å². The number of ether oxygens (including phenoxy) is 2. The van der Waals surface area contributed by atoms with E-state index in [1.807, 2.05) is 0 Å². The maximum absolute atomic E-state index is 6.15. The van der Waals surface area contributed by atoms with Crippen molar-refractivity contribution in [3.8, 4) is 16.9 Å². The molecular weight excluding hydrogens is 308 g/mol. The third-order valence-electron chi connectivity index (χ3n) is 4.78. The number of fused-ring (bicyclic) bond motifs is 2. The monoisotopic (exact) mass is 326 g/mol. The van der Waals surface area contributed by atoms with Crippen molar-refractivity contribution in [1.29, 1.82) is 0 Å². The van der Waals surface area contributed by atoms with Gasteiger partial charge in [-0.25, -0.2) is 0 Å². The largest absolute Gasteiger partial charge is 0.490 e. The Balaban J connectivity index is 1.78. The van der Waals surface area contributed by atoms with Crippen LogP contribution < -0.4 is 4.74 Å². The van der Waals surface area contributed by atoms with Gasteiger partial charge in [-0.05, 0) is 33.2 Å². The van der Waals surface area contributed by atoms with Crippen LogP contribution in [0.2, 0.25) is 0 Å². The van der Waals surface area contributed by atoms with E-state index in [-0.39, 0.29) is 6.10 Å². The lowest BCUT2D eigenvalue weighted by Crippen LogP contribution is -2.05. The van der Waals surface area contributed by atoms with Crippen molar-refractivity contribution in [2.75, 3.05) is 13.2 Å². The molecule has 1 heterocycles. The Kier molecular flexibility index (Phi) is 3.43. The first-order valence-electron chi connectivity index (χ1n) is 8.64. The van der Waals surface area contributed by atoms with Gasteiger partial charge in [0.2, 0.25) is 0 Å². The zero-order valence-corrected chi connectivity index (χ0v) is 13.8. The molecule has 2 heteroatoms. The molecule has 4 aromatic rings. The van der Waals surface area contributed by atoms with Gasteiger partial charge in [0.05, 0.1) is 6.61 Å². The summed E-state index contributed by atoms with van der Waals surface area (Å²) < 4.78 is 11.5. The predicted octanol–water partition coefficient (Wildman–Crippen LogP) is 5.44. The van der Waals surface area contributed by atoms with E-state index in [0.29, 0.717) is 6.61 Å². The quantitative estimate of drug-likeness (QED) is 0.466. The minimum absolute atomic E-state index is 0.242. The Labute approximate surface area is 146 Å². The topological polar surface area (TPSA) is 21.8 Å². The molecule has 1 aliphatic heterocycles. The van der Waals surface area contributed by atoms with Crippen molar-refractivity contribution in [1.82, 2.24) is 0 Å². The second kappa shape index (κ2) is 5.91. The highest BCUT2D eigenvalue weighted by atomic mass is 16.6. The second-order valence-electron chi connectivity index (χ2n) is 6.45. The van der Waals surface area contributed by atoms with E-state index < -0.39 is 0 Å². The fraction of sp³-hybridized carbons (Fsp3) is 0.130. The summed E-state index contributed by atoms with van der Waals surface area (Å²) in [6.07, 6.45) is 0.242. The van der Waals surface area contributed by atoms with Gasteiger partial charge in [0.1, 0.15) is 18.5 Å². The van der Waals surface area contributed by atoms with Gasteiger partial charge in [-0.1, -0.05) is 72.8 Å². The highest BCUT2D eigenvalue weighted by Crippen LogP contribution is 2.40. The summed E-state index contributed by atoms with van der Waals surface area (Å²) in [5, 5.41) is 4.92. The highest BCUT2D eigenvalue weighted by molar-refractivity contribution is 6.07. The van der Waals surface area contributed by atoms with Crippen molar-refractivity contribution < 1.29 is 9.47 Å². The summed E-state index contributed by atoms with van der Waals surface area (Å²) in [7, 11) is 0. The molecule has 2 nitrogen and oxygen atoms in total. The van der Waals surface area contributed by atoms with Crippen LogP contribution in [0, 0.1) is 0 Å². The predicted molar refractivity (Wildman–Crippen MR) is 102 cm³/mol. The molecule has 0 aliphatic carbocycles. The van der Waals surface area contributed by atoms with E-state index in [0.717, 1.165) is 17.9 Å². The minimum Gasteiger partial charge on any atom is -0.490 e. The lowest BCUT2D eigenvalue weighted by molar-refractivity contribution is 0.264. The molecular formula is C23H18O2. The molecule has 0 bridgehead atoms. The van der Waals surface area contributed by atoms with Crippen LogP contribution in [0.15, 0.2) is 78.9 Å². The fourth-order valence-electron chi connectivity index (χ4n) is 3.44. The Bertz CT molecular complexity index is 1060. The van der Waals surface area contributed by atoms with Crippen LogP contribution in [0.1, 0.15) is 0 Å². The first-order valence-corrected chi connectivity index (χ1v) is 8.64. The third-order valence-corrected chi connectivity index (χ3v) is 4.78. The molecule has 0 aromatic heterocycles. The number of hydrogen-bond donors (Lipinski definition) is 0. The first kappa shape index (κ1) is 14.5.